The minimum absolute atomic E-state index is 0.0553. The lowest BCUT2D eigenvalue weighted by atomic mass is 9.97. The van der Waals surface area contributed by atoms with Crippen molar-refractivity contribution in [1.82, 2.24) is 10.2 Å². The zero-order valence-corrected chi connectivity index (χ0v) is 15.4. The zero-order valence-electron chi connectivity index (χ0n) is 14.6. The van der Waals surface area contributed by atoms with Crippen LogP contribution in [-0.4, -0.2) is 42.1 Å². The molecule has 1 N–H and O–H groups in total. The summed E-state index contributed by atoms with van der Waals surface area (Å²) in [6, 6.07) is 1.99. The maximum atomic E-state index is 12.2. The maximum Gasteiger partial charge on any atom is 0.407 e. The van der Waals surface area contributed by atoms with Crippen LogP contribution < -0.4 is 5.32 Å². The summed E-state index contributed by atoms with van der Waals surface area (Å²) >= 11 is 1.62. The summed E-state index contributed by atoms with van der Waals surface area (Å²) in [6.45, 7) is 7.60. The molecule has 24 heavy (non-hydrogen) atoms. The minimum Gasteiger partial charge on any atom is -0.444 e. The first-order valence-electron chi connectivity index (χ1n) is 8.29. The second kappa shape index (κ2) is 8.33. The summed E-state index contributed by atoms with van der Waals surface area (Å²) in [5.74, 6) is 0.446. The third kappa shape index (κ3) is 6.35. The molecule has 1 aromatic rings. The van der Waals surface area contributed by atoms with E-state index in [0.717, 1.165) is 31.5 Å². The first-order valence-corrected chi connectivity index (χ1v) is 9.24. The van der Waals surface area contributed by atoms with Crippen LogP contribution in [0.4, 0.5) is 4.79 Å². The van der Waals surface area contributed by atoms with Gasteiger partial charge in [0.2, 0.25) is 5.91 Å². The van der Waals surface area contributed by atoms with Crippen molar-refractivity contribution in [3.05, 3.63) is 28.5 Å². The highest BCUT2D eigenvalue weighted by molar-refractivity contribution is 7.08. The summed E-state index contributed by atoms with van der Waals surface area (Å²) in [5, 5.41) is 6.82. The van der Waals surface area contributed by atoms with Crippen molar-refractivity contribution in [3.8, 4) is 0 Å². The number of rotatable bonds is 4. The Balaban J connectivity index is 1.69. The molecule has 2 heterocycles. The van der Waals surface area contributed by atoms with Gasteiger partial charge in [-0.3, -0.25) is 4.79 Å². The SMILES string of the molecule is CC(C)(C)OC(=O)NCC1CCN(C(=O)/C=C\c2ccsc2)CC1. The molecule has 0 bridgehead atoms. The van der Waals surface area contributed by atoms with Crippen LogP contribution in [0.3, 0.4) is 0 Å². The van der Waals surface area contributed by atoms with Gasteiger partial charge in [-0.1, -0.05) is 0 Å². The molecule has 0 spiro atoms. The smallest absolute Gasteiger partial charge is 0.407 e. The molecule has 0 aromatic carbocycles. The van der Waals surface area contributed by atoms with Gasteiger partial charge < -0.3 is 15.0 Å². The quantitative estimate of drug-likeness (QED) is 0.845. The predicted octanol–water partition coefficient (Wildman–Crippen LogP) is 3.52. The molecule has 0 aliphatic carbocycles. The van der Waals surface area contributed by atoms with Crippen LogP contribution in [0.1, 0.15) is 39.2 Å². The molecule has 5 nitrogen and oxygen atoms in total. The third-order valence-corrected chi connectivity index (χ3v) is 4.52. The average Bonchev–Trinajstić information content (AvgIpc) is 3.03. The number of likely N-dealkylation sites (tertiary alicyclic amines) is 1. The van der Waals surface area contributed by atoms with Gasteiger partial charge in [0, 0.05) is 25.7 Å². The minimum atomic E-state index is -0.478. The molecule has 2 rings (SSSR count). The highest BCUT2D eigenvalue weighted by atomic mass is 32.1. The highest BCUT2D eigenvalue weighted by Crippen LogP contribution is 2.17. The number of carbonyl (C=O) groups is 2. The summed E-state index contributed by atoms with van der Waals surface area (Å²) in [4.78, 5) is 25.7. The number of amides is 2. The van der Waals surface area contributed by atoms with Gasteiger partial charge >= 0.3 is 6.09 Å². The van der Waals surface area contributed by atoms with E-state index in [1.54, 1.807) is 17.4 Å². The molecule has 0 saturated carbocycles. The number of nitrogens with zero attached hydrogens (tertiary/aromatic N) is 1. The molecule has 0 radical (unpaired) electrons. The van der Waals surface area contributed by atoms with Gasteiger partial charge in [0.05, 0.1) is 0 Å². The Hall–Kier alpha value is -1.82. The summed E-state index contributed by atoms with van der Waals surface area (Å²) in [6.07, 6.45) is 4.91. The Morgan fingerprint density at radius 1 is 1.38 bits per heavy atom. The lowest BCUT2D eigenvalue weighted by Gasteiger charge is -2.31. The molecule has 1 aliphatic rings. The summed E-state index contributed by atoms with van der Waals surface area (Å²) in [5.41, 5.74) is 0.582. The lowest BCUT2D eigenvalue weighted by molar-refractivity contribution is -0.127. The maximum absolute atomic E-state index is 12.2. The number of hydrogen-bond acceptors (Lipinski definition) is 4. The molecular weight excluding hydrogens is 324 g/mol. The fraction of sp³-hybridized carbons (Fsp3) is 0.556. The van der Waals surface area contributed by atoms with E-state index in [2.05, 4.69) is 5.32 Å². The van der Waals surface area contributed by atoms with E-state index >= 15 is 0 Å². The van der Waals surface area contributed by atoms with E-state index in [4.69, 9.17) is 4.74 Å². The lowest BCUT2D eigenvalue weighted by Crippen LogP contribution is -2.41. The second-order valence-electron chi connectivity index (χ2n) is 7.04. The molecule has 2 amide bonds. The number of ether oxygens (including phenoxy) is 1. The number of carbonyl (C=O) groups excluding carboxylic acids is 2. The normalized spacial score (nSPS) is 16.4. The first kappa shape index (κ1) is 18.5. The van der Waals surface area contributed by atoms with E-state index in [9.17, 15) is 9.59 Å². The van der Waals surface area contributed by atoms with E-state index in [1.807, 2.05) is 48.6 Å². The van der Waals surface area contributed by atoms with Crippen molar-refractivity contribution >= 4 is 29.4 Å². The van der Waals surface area contributed by atoms with Crippen molar-refractivity contribution in [2.75, 3.05) is 19.6 Å². The van der Waals surface area contributed by atoms with Gasteiger partial charge in [0.1, 0.15) is 5.60 Å². The Bertz CT molecular complexity index is 568. The number of thiophene rings is 1. The van der Waals surface area contributed by atoms with Crippen molar-refractivity contribution in [2.45, 2.75) is 39.2 Å². The van der Waals surface area contributed by atoms with Gasteiger partial charge in [-0.15, -0.1) is 0 Å². The molecule has 1 aromatic heterocycles. The Labute approximate surface area is 147 Å². The van der Waals surface area contributed by atoms with Crippen LogP contribution in [0, 0.1) is 5.92 Å². The van der Waals surface area contributed by atoms with Crippen LogP contribution >= 0.6 is 11.3 Å². The summed E-state index contributed by atoms with van der Waals surface area (Å²) < 4.78 is 5.23. The van der Waals surface area contributed by atoms with Crippen LogP contribution in [0.15, 0.2) is 22.9 Å². The molecule has 1 fully saturated rings. The molecule has 6 heteroatoms. The monoisotopic (exact) mass is 350 g/mol. The highest BCUT2D eigenvalue weighted by Gasteiger charge is 2.23. The number of hydrogen-bond donors (Lipinski definition) is 1. The van der Waals surface area contributed by atoms with E-state index in [1.165, 1.54) is 0 Å². The van der Waals surface area contributed by atoms with E-state index < -0.39 is 5.60 Å². The fourth-order valence-electron chi connectivity index (χ4n) is 2.54. The Kier molecular flexibility index (Phi) is 6.43. The number of nitrogens with one attached hydrogen (secondary N) is 1. The standard InChI is InChI=1S/C18H26N2O3S/c1-18(2,3)23-17(22)19-12-14-6-9-20(10-7-14)16(21)5-4-15-8-11-24-13-15/h4-5,8,11,13-14H,6-7,9-10,12H2,1-3H3,(H,19,22)/b5-4-. The fourth-order valence-corrected chi connectivity index (χ4v) is 3.17. The molecule has 0 unspecified atom stereocenters. The predicted molar refractivity (Wildman–Crippen MR) is 96.9 cm³/mol. The Morgan fingerprint density at radius 3 is 2.67 bits per heavy atom. The molecule has 1 saturated heterocycles. The largest absolute Gasteiger partial charge is 0.444 e. The zero-order chi connectivity index (χ0) is 17.6. The van der Waals surface area contributed by atoms with Gasteiger partial charge in [-0.05, 0) is 68.0 Å². The first-order chi connectivity index (χ1) is 11.3. The molecule has 132 valence electrons. The Morgan fingerprint density at radius 2 is 2.08 bits per heavy atom. The molecular formula is C18H26N2O3S. The molecule has 0 atom stereocenters. The van der Waals surface area contributed by atoms with Crippen LogP contribution in [-0.2, 0) is 9.53 Å². The van der Waals surface area contributed by atoms with Crippen molar-refractivity contribution in [1.29, 1.82) is 0 Å². The van der Waals surface area contributed by atoms with Crippen molar-refractivity contribution in [3.63, 3.8) is 0 Å². The van der Waals surface area contributed by atoms with Gasteiger partial charge in [0.15, 0.2) is 0 Å². The number of alkyl carbamates (subject to hydrolysis) is 1. The van der Waals surface area contributed by atoms with Crippen LogP contribution in [0.2, 0.25) is 0 Å². The van der Waals surface area contributed by atoms with Gasteiger partial charge in [-0.2, -0.15) is 11.3 Å². The van der Waals surface area contributed by atoms with Crippen molar-refractivity contribution in [2.24, 2.45) is 5.92 Å². The third-order valence-electron chi connectivity index (χ3n) is 3.82. The van der Waals surface area contributed by atoms with Gasteiger partial charge in [0.25, 0.3) is 0 Å². The van der Waals surface area contributed by atoms with Crippen LogP contribution in [0.25, 0.3) is 6.08 Å². The van der Waals surface area contributed by atoms with E-state index in [-0.39, 0.29) is 12.0 Å². The average molecular weight is 350 g/mol. The van der Waals surface area contributed by atoms with Crippen LogP contribution in [0.5, 0.6) is 0 Å². The number of piperidine rings is 1. The topological polar surface area (TPSA) is 58.6 Å². The van der Waals surface area contributed by atoms with E-state index in [0.29, 0.717) is 12.5 Å². The molecule has 1 aliphatic heterocycles. The van der Waals surface area contributed by atoms with Crippen molar-refractivity contribution < 1.29 is 14.3 Å². The second-order valence-corrected chi connectivity index (χ2v) is 7.82. The van der Waals surface area contributed by atoms with Gasteiger partial charge in [-0.25, -0.2) is 4.79 Å². The summed E-state index contributed by atoms with van der Waals surface area (Å²) in [7, 11) is 0.